The van der Waals surface area contributed by atoms with E-state index in [1.807, 2.05) is 6.08 Å². The number of hydrogen-bond acceptors (Lipinski definition) is 1. The predicted molar refractivity (Wildman–Crippen MR) is 239 cm³/mol. The van der Waals surface area contributed by atoms with Gasteiger partial charge < -0.3 is 4.90 Å². The zero-order chi connectivity index (χ0) is 38.3. The molecule has 1 heteroatoms. The van der Waals surface area contributed by atoms with Crippen molar-refractivity contribution < 1.29 is 0 Å². The van der Waals surface area contributed by atoms with E-state index in [2.05, 4.69) is 162 Å². The van der Waals surface area contributed by atoms with Crippen molar-refractivity contribution in [3.05, 3.63) is 155 Å². The third-order valence-corrected chi connectivity index (χ3v) is 11.5. The van der Waals surface area contributed by atoms with Crippen LogP contribution in [0.3, 0.4) is 0 Å². The minimum absolute atomic E-state index is 0.234. The van der Waals surface area contributed by atoms with Crippen LogP contribution in [0, 0.1) is 27.7 Å². The zero-order valence-electron chi connectivity index (χ0n) is 34.5. The topological polar surface area (TPSA) is 3.24 Å². The van der Waals surface area contributed by atoms with Gasteiger partial charge in [-0.25, -0.2) is 0 Å². The van der Waals surface area contributed by atoms with Crippen molar-refractivity contribution in [3.8, 4) is 11.1 Å². The highest BCUT2D eigenvalue weighted by Crippen LogP contribution is 2.54. The summed E-state index contributed by atoms with van der Waals surface area (Å²) in [7, 11) is 0. The van der Waals surface area contributed by atoms with Crippen molar-refractivity contribution >= 4 is 23.1 Å². The summed E-state index contributed by atoms with van der Waals surface area (Å²) in [6, 6.07) is 40.2. The molecule has 0 saturated heterocycles. The Labute approximate surface area is 329 Å². The summed E-state index contributed by atoms with van der Waals surface area (Å²) in [5.41, 5.74) is 16.4. The first kappa shape index (κ1) is 40.8. The summed E-state index contributed by atoms with van der Waals surface area (Å²) >= 11 is 0. The minimum atomic E-state index is 0.234. The van der Waals surface area contributed by atoms with Crippen LogP contribution in [0.5, 0.6) is 0 Å². The first-order valence-electron chi connectivity index (χ1n) is 21.2. The number of aryl methyl sites for hydroxylation is 4. The molecule has 5 aromatic rings. The Morgan fingerprint density at radius 3 is 1.33 bits per heavy atom. The van der Waals surface area contributed by atoms with E-state index in [1.165, 1.54) is 123 Å². The van der Waals surface area contributed by atoms with Crippen molar-refractivity contribution in [2.24, 2.45) is 0 Å². The Kier molecular flexibility index (Phi) is 15.4. The van der Waals surface area contributed by atoms with Gasteiger partial charge in [-0.15, -0.1) is 0 Å². The third-order valence-electron chi connectivity index (χ3n) is 11.5. The molecule has 5 aromatic carbocycles. The molecular weight excluding hydrogens is 651 g/mol. The lowest BCUT2D eigenvalue weighted by atomic mass is 9.70. The third kappa shape index (κ3) is 10.4. The van der Waals surface area contributed by atoms with Crippen molar-refractivity contribution in [2.75, 3.05) is 4.90 Å². The summed E-state index contributed by atoms with van der Waals surface area (Å²) in [6.45, 7) is 17.3. The molecule has 0 spiro atoms. The van der Waals surface area contributed by atoms with Gasteiger partial charge in [0.15, 0.2) is 0 Å². The van der Waals surface area contributed by atoms with Crippen LogP contribution < -0.4 is 4.90 Å². The van der Waals surface area contributed by atoms with E-state index in [1.54, 1.807) is 11.1 Å². The summed E-state index contributed by atoms with van der Waals surface area (Å²) < 4.78 is 0. The van der Waals surface area contributed by atoms with Crippen LogP contribution >= 0.6 is 0 Å². The lowest BCUT2D eigenvalue weighted by Gasteiger charge is -2.33. The van der Waals surface area contributed by atoms with Gasteiger partial charge in [0, 0.05) is 22.5 Å². The Morgan fingerprint density at radius 2 is 0.889 bits per heavy atom. The Bertz CT molecular complexity index is 1780. The van der Waals surface area contributed by atoms with E-state index in [4.69, 9.17) is 0 Å². The average molecular weight is 718 g/mol. The van der Waals surface area contributed by atoms with E-state index in [0.717, 1.165) is 22.6 Å². The molecule has 0 saturated carbocycles. The van der Waals surface area contributed by atoms with E-state index in [9.17, 15) is 0 Å². The van der Waals surface area contributed by atoms with Gasteiger partial charge in [0.05, 0.1) is 0 Å². The molecule has 0 fully saturated rings. The van der Waals surface area contributed by atoms with Gasteiger partial charge >= 0.3 is 0 Å². The van der Waals surface area contributed by atoms with E-state index in [-0.39, 0.29) is 5.41 Å². The summed E-state index contributed by atoms with van der Waals surface area (Å²) in [5.74, 6) is 0. The molecule has 0 N–H and O–H groups in total. The second kappa shape index (κ2) is 20.4. The number of nitrogens with zero attached hydrogens (tertiary/aromatic N) is 1. The highest BCUT2D eigenvalue weighted by atomic mass is 15.1. The molecule has 0 aliphatic heterocycles. The molecule has 0 heterocycles. The van der Waals surface area contributed by atoms with Gasteiger partial charge in [-0.3, -0.25) is 0 Å². The number of rotatable bonds is 18. The largest absolute Gasteiger partial charge is 0.310 e. The molecule has 0 radical (unpaired) electrons. The van der Waals surface area contributed by atoms with Gasteiger partial charge in [-0.05, 0) is 105 Å². The Hall–Kier alpha value is -4.36. The summed E-state index contributed by atoms with van der Waals surface area (Å²) in [4.78, 5) is 2.27. The molecule has 1 aliphatic carbocycles. The van der Waals surface area contributed by atoms with Crippen molar-refractivity contribution in [1.82, 2.24) is 0 Å². The number of anilines is 3. The standard InChI is InChI=1S/C31H46.C22H21N/c1-5-7-9-11-13-15-21-31(22-16-14-12-10-8-6-2)29-23-25(3)17-19-27(29)28-20-18-26(4)24-30(28)31;1-4-19-6-5-7-22(16-19)23(20-12-8-17(2)9-13-20)21-14-10-18(3)11-15-21/h17-20,23-24H,5-16,21-22H2,1-4H3;4-16H,1H2,2-3H3. The maximum atomic E-state index is 3.88. The number of benzene rings is 5. The molecule has 0 amide bonds. The average Bonchev–Trinajstić information content (AvgIpc) is 3.44. The van der Waals surface area contributed by atoms with Crippen LogP contribution in [0.4, 0.5) is 17.1 Å². The Balaban J connectivity index is 0.000000217. The lowest BCUT2D eigenvalue weighted by molar-refractivity contribution is 0.397. The fourth-order valence-corrected chi connectivity index (χ4v) is 8.43. The first-order valence-corrected chi connectivity index (χ1v) is 21.2. The van der Waals surface area contributed by atoms with Gasteiger partial charge in [-0.2, -0.15) is 0 Å². The van der Waals surface area contributed by atoms with Gasteiger partial charge in [0.1, 0.15) is 0 Å². The molecule has 284 valence electrons. The summed E-state index contributed by atoms with van der Waals surface area (Å²) in [5, 5.41) is 0. The number of hydrogen-bond donors (Lipinski definition) is 0. The second-order valence-corrected chi connectivity index (χ2v) is 16.0. The quantitative estimate of drug-likeness (QED) is 0.0816. The van der Waals surface area contributed by atoms with Crippen molar-refractivity contribution in [3.63, 3.8) is 0 Å². The number of unbranched alkanes of at least 4 members (excludes halogenated alkanes) is 10. The van der Waals surface area contributed by atoms with E-state index < -0.39 is 0 Å². The maximum absolute atomic E-state index is 3.88. The van der Waals surface area contributed by atoms with Crippen LogP contribution in [0.25, 0.3) is 17.2 Å². The molecule has 0 bridgehead atoms. The van der Waals surface area contributed by atoms with Crippen molar-refractivity contribution in [2.45, 2.75) is 137 Å². The minimum Gasteiger partial charge on any atom is -0.310 e. The van der Waals surface area contributed by atoms with E-state index >= 15 is 0 Å². The molecular formula is C53H67N. The van der Waals surface area contributed by atoms with Crippen LogP contribution in [0.15, 0.2) is 116 Å². The summed E-state index contributed by atoms with van der Waals surface area (Å²) in [6.07, 6.45) is 21.1. The van der Waals surface area contributed by atoms with Crippen LogP contribution in [0.1, 0.15) is 143 Å². The highest BCUT2D eigenvalue weighted by Gasteiger charge is 2.42. The smallest absolute Gasteiger partial charge is 0.0467 e. The zero-order valence-corrected chi connectivity index (χ0v) is 34.5. The first-order chi connectivity index (χ1) is 26.3. The molecule has 6 rings (SSSR count). The maximum Gasteiger partial charge on any atom is 0.0467 e. The lowest BCUT2D eigenvalue weighted by Crippen LogP contribution is -2.25. The normalized spacial score (nSPS) is 12.4. The molecule has 0 aromatic heterocycles. The molecule has 54 heavy (non-hydrogen) atoms. The van der Waals surface area contributed by atoms with Gasteiger partial charge in [-0.1, -0.05) is 199 Å². The Morgan fingerprint density at radius 1 is 0.463 bits per heavy atom. The highest BCUT2D eigenvalue weighted by molar-refractivity contribution is 5.82. The fraction of sp³-hybridized carbons (Fsp3) is 0.396. The monoisotopic (exact) mass is 718 g/mol. The van der Waals surface area contributed by atoms with Crippen LogP contribution in [-0.2, 0) is 5.41 Å². The van der Waals surface area contributed by atoms with Crippen molar-refractivity contribution in [1.29, 1.82) is 0 Å². The number of fused-ring (bicyclic) bond motifs is 3. The molecule has 1 nitrogen and oxygen atoms in total. The second-order valence-electron chi connectivity index (χ2n) is 16.0. The molecule has 0 unspecified atom stereocenters. The van der Waals surface area contributed by atoms with Gasteiger partial charge in [0.25, 0.3) is 0 Å². The SMILES string of the molecule is C=Cc1cccc(N(c2ccc(C)cc2)c2ccc(C)cc2)c1.CCCCCCCCC1(CCCCCCCC)c2cc(C)ccc2-c2ccc(C)cc21. The molecule has 0 atom stereocenters. The van der Waals surface area contributed by atoms with Crippen LogP contribution in [0.2, 0.25) is 0 Å². The molecule has 1 aliphatic rings. The predicted octanol–water partition coefficient (Wildman–Crippen LogP) is 16.5. The van der Waals surface area contributed by atoms with Gasteiger partial charge in [0.2, 0.25) is 0 Å². The van der Waals surface area contributed by atoms with E-state index in [0.29, 0.717) is 0 Å². The fourth-order valence-electron chi connectivity index (χ4n) is 8.43. The van der Waals surface area contributed by atoms with Crippen LogP contribution in [-0.4, -0.2) is 0 Å².